The molecule has 0 bridgehead atoms. The van der Waals surface area contributed by atoms with Crippen LogP contribution in [0, 0.1) is 0 Å². The number of carbonyl (C=O) groups is 2. The van der Waals surface area contributed by atoms with E-state index in [1.807, 2.05) is 0 Å². The summed E-state index contributed by atoms with van der Waals surface area (Å²) in [6.45, 7) is 0. The minimum Gasteiger partial charge on any atom is -0.508 e. The van der Waals surface area contributed by atoms with Gasteiger partial charge in [0.25, 0.3) is 0 Å². The highest BCUT2D eigenvalue weighted by Crippen LogP contribution is 2.48. The van der Waals surface area contributed by atoms with E-state index in [9.17, 15) is 24.9 Å². The van der Waals surface area contributed by atoms with Crippen LogP contribution in [0.25, 0.3) is 0 Å². The SMILES string of the molecule is O=C1CCC(c2c(O)cc(O)c3c2OC(c2ccc(O)cc2)CC3=O)N1. The molecule has 2 aromatic carbocycles. The third-order valence-corrected chi connectivity index (χ3v) is 4.80. The number of phenolic OH excluding ortho intramolecular Hbond substituents is 3. The molecule has 7 nitrogen and oxygen atoms in total. The van der Waals surface area contributed by atoms with Crippen molar-refractivity contribution in [1.29, 1.82) is 0 Å². The molecule has 134 valence electrons. The first-order chi connectivity index (χ1) is 12.4. The van der Waals surface area contributed by atoms with Gasteiger partial charge in [-0.3, -0.25) is 9.59 Å². The third-order valence-electron chi connectivity index (χ3n) is 4.80. The first-order valence-electron chi connectivity index (χ1n) is 8.31. The fourth-order valence-electron chi connectivity index (χ4n) is 3.54. The summed E-state index contributed by atoms with van der Waals surface area (Å²) >= 11 is 0. The normalized spacial score (nSPS) is 21.8. The smallest absolute Gasteiger partial charge is 0.220 e. The number of hydrogen-bond acceptors (Lipinski definition) is 6. The van der Waals surface area contributed by atoms with Gasteiger partial charge in [0.2, 0.25) is 5.91 Å². The summed E-state index contributed by atoms with van der Waals surface area (Å²) in [5.41, 5.74) is 1.01. The van der Waals surface area contributed by atoms with E-state index >= 15 is 0 Å². The molecule has 2 atom stereocenters. The Kier molecular flexibility index (Phi) is 3.72. The number of nitrogens with one attached hydrogen (secondary N) is 1. The number of rotatable bonds is 2. The number of aromatic hydroxyl groups is 3. The van der Waals surface area contributed by atoms with Crippen LogP contribution in [0.1, 0.15) is 52.9 Å². The first-order valence-corrected chi connectivity index (χ1v) is 8.31. The van der Waals surface area contributed by atoms with Gasteiger partial charge in [-0.25, -0.2) is 0 Å². The zero-order valence-electron chi connectivity index (χ0n) is 13.7. The van der Waals surface area contributed by atoms with Crippen molar-refractivity contribution < 1.29 is 29.6 Å². The second kappa shape index (κ2) is 5.94. The van der Waals surface area contributed by atoms with Crippen molar-refractivity contribution in [1.82, 2.24) is 5.32 Å². The molecule has 4 rings (SSSR count). The number of amides is 1. The van der Waals surface area contributed by atoms with Crippen molar-refractivity contribution in [3.63, 3.8) is 0 Å². The molecule has 2 aromatic rings. The summed E-state index contributed by atoms with van der Waals surface area (Å²) in [5, 5.41) is 32.7. The van der Waals surface area contributed by atoms with Crippen LogP contribution in [0.5, 0.6) is 23.0 Å². The molecule has 0 spiro atoms. The Hall–Kier alpha value is -3.22. The molecule has 2 unspecified atom stereocenters. The van der Waals surface area contributed by atoms with E-state index in [0.717, 1.165) is 6.07 Å². The number of Topliss-reactive ketones (excluding diaryl/α,β-unsaturated/α-hetero) is 1. The van der Waals surface area contributed by atoms with Gasteiger partial charge >= 0.3 is 0 Å². The lowest BCUT2D eigenvalue weighted by Gasteiger charge is -2.29. The Labute approximate surface area is 148 Å². The molecule has 7 heteroatoms. The number of benzene rings is 2. The van der Waals surface area contributed by atoms with Gasteiger partial charge in [0.1, 0.15) is 34.7 Å². The zero-order chi connectivity index (χ0) is 18.4. The molecule has 26 heavy (non-hydrogen) atoms. The van der Waals surface area contributed by atoms with Crippen LogP contribution in [0.2, 0.25) is 0 Å². The molecule has 0 saturated carbocycles. The fraction of sp³-hybridized carbons (Fsp3) is 0.263. The lowest BCUT2D eigenvalue weighted by atomic mass is 9.91. The topological polar surface area (TPSA) is 116 Å². The summed E-state index contributed by atoms with van der Waals surface area (Å²) in [7, 11) is 0. The number of carbonyl (C=O) groups excluding carboxylic acids is 2. The monoisotopic (exact) mass is 355 g/mol. The van der Waals surface area contributed by atoms with Gasteiger partial charge in [-0.05, 0) is 24.1 Å². The molecule has 1 fully saturated rings. The summed E-state index contributed by atoms with van der Waals surface area (Å²) in [6.07, 6.45) is 0.180. The molecule has 2 aliphatic rings. The van der Waals surface area contributed by atoms with Crippen molar-refractivity contribution in [3.05, 3.63) is 47.0 Å². The van der Waals surface area contributed by atoms with Crippen molar-refractivity contribution in [2.45, 2.75) is 31.4 Å². The van der Waals surface area contributed by atoms with E-state index in [2.05, 4.69) is 5.32 Å². The fourth-order valence-corrected chi connectivity index (χ4v) is 3.54. The Morgan fingerprint density at radius 3 is 2.42 bits per heavy atom. The van der Waals surface area contributed by atoms with E-state index < -0.39 is 12.1 Å². The van der Waals surface area contributed by atoms with E-state index in [-0.39, 0.29) is 46.7 Å². The van der Waals surface area contributed by atoms with Crippen molar-refractivity contribution in [3.8, 4) is 23.0 Å². The van der Waals surface area contributed by atoms with Gasteiger partial charge < -0.3 is 25.4 Å². The number of hydrogen-bond donors (Lipinski definition) is 4. The minimum atomic E-state index is -0.618. The third kappa shape index (κ3) is 2.61. The number of fused-ring (bicyclic) bond motifs is 1. The maximum absolute atomic E-state index is 12.6. The number of ketones is 1. The van der Waals surface area contributed by atoms with Gasteiger partial charge in [0, 0.05) is 12.5 Å². The van der Waals surface area contributed by atoms with E-state index in [0.29, 0.717) is 24.0 Å². The molecule has 2 heterocycles. The van der Waals surface area contributed by atoms with E-state index in [1.165, 1.54) is 12.1 Å². The Bertz CT molecular complexity index is 905. The predicted octanol–water partition coefficient (Wildman–Crippen LogP) is 2.46. The second-order valence-electron chi connectivity index (χ2n) is 6.52. The highest BCUT2D eigenvalue weighted by molar-refractivity contribution is 6.03. The molecule has 0 aromatic heterocycles. The Morgan fingerprint density at radius 2 is 1.77 bits per heavy atom. The summed E-state index contributed by atoms with van der Waals surface area (Å²) < 4.78 is 5.99. The highest BCUT2D eigenvalue weighted by Gasteiger charge is 2.37. The summed E-state index contributed by atoms with van der Waals surface area (Å²) in [6, 6.07) is 6.92. The zero-order valence-corrected chi connectivity index (χ0v) is 13.7. The van der Waals surface area contributed by atoms with Crippen LogP contribution < -0.4 is 10.1 Å². The average Bonchev–Trinajstić information content (AvgIpc) is 3.00. The largest absolute Gasteiger partial charge is 0.508 e. The van der Waals surface area contributed by atoms with Crippen LogP contribution in [0.3, 0.4) is 0 Å². The van der Waals surface area contributed by atoms with Crippen LogP contribution in [-0.4, -0.2) is 27.0 Å². The van der Waals surface area contributed by atoms with Crippen molar-refractivity contribution in [2.75, 3.05) is 0 Å². The summed E-state index contributed by atoms with van der Waals surface area (Å²) in [4.78, 5) is 24.2. The maximum atomic E-state index is 12.6. The van der Waals surface area contributed by atoms with Crippen LogP contribution in [0.4, 0.5) is 0 Å². The minimum absolute atomic E-state index is 0.0204. The molecule has 2 aliphatic heterocycles. The van der Waals surface area contributed by atoms with Crippen LogP contribution >= 0.6 is 0 Å². The Balaban J connectivity index is 1.80. The average molecular weight is 355 g/mol. The summed E-state index contributed by atoms with van der Waals surface area (Å²) in [5.74, 6) is -0.835. The molecule has 0 radical (unpaired) electrons. The molecule has 4 N–H and O–H groups in total. The van der Waals surface area contributed by atoms with Crippen LogP contribution in [-0.2, 0) is 4.79 Å². The highest BCUT2D eigenvalue weighted by atomic mass is 16.5. The predicted molar refractivity (Wildman–Crippen MR) is 90.3 cm³/mol. The number of ether oxygens (including phenoxy) is 1. The number of phenols is 3. The van der Waals surface area contributed by atoms with Crippen molar-refractivity contribution in [2.24, 2.45) is 0 Å². The molecular formula is C19H17NO6. The van der Waals surface area contributed by atoms with Gasteiger partial charge in [-0.1, -0.05) is 12.1 Å². The maximum Gasteiger partial charge on any atom is 0.220 e. The Morgan fingerprint density at radius 1 is 1.04 bits per heavy atom. The van der Waals surface area contributed by atoms with Crippen molar-refractivity contribution >= 4 is 11.7 Å². The van der Waals surface area contributed by atoms with E-state index in [4.69, 9.17) is 4.74 Å². The quantitative estimate of drug-likeness (QED) is 0.658. The van der Waals surface area contributed by atoms with Gasteiger partial charge in [-0.2, -0.15) is 0 Å². The standard InChI is InChI=1S/C19H17NO6/c21-10-3-1-9(2-4-10)15-8-14(24)18-13(23)7-12(22)17(19(18)26-15)11-5-6-16(25)20-11/h1-4,7,11,15,21-23H,5-6,8H2,(H,20,25). The first kappa shape index (κ1) is 16.3. The molecule has 1 amide bonds. The lowest BCUT2D eigenvalue weighted by molar-refractivity contribution is -0.119. The van der Waals surface area contributed by atoms with Gasteiger partial charge in [0.05, 0.1) is 18.0 Å². The molecular weight excluding hydrogens is 338 g/mol. The van der Waals surface area contributed by atoms with E-state index in [1.54, 1.807) is 12.1 Å². The van der Waals surface area contributed by atoms with Gasteiger partial charge in [0.15, 0.2) is 5.78 Å². The van der Waals surface area contributed by atoms with Crippen LogP contribution in [0.15, 0.2) is 30.3 Å². The second-order valence-corrected chi connectivity index (χ2v) is 6.52. The van der Waals surface area contributed by atoms with Gasteiger partial charge in [-0.15, -0.1) is 0 Å². The lowest BCUT2D eigenvalue weighted by Crippen LogP contribution is -2.24. The molecule has 1 saturated heterocycles. The molecule has 0 aliphatic carbocycles.